The normalized spacial score (nSPS) is 10.9. The monoisotopic (exact) mass is 404 g/mol. The second-order valence-corrected chi connectivity index (χ2v) is 7.29. The molecule has 0 atom stereocenters. The Kier molecular flexibility index (Phi) is 4.77. The van der Waals surface area contributed by atoms with Crippen molar-refractivity contribution >= 4 is 28.3 Å². The van der Waals surface area contributed by atoms with Crippen molar-refractivity contribution in [3.8, 4) is 5.69 Å². The Morgan fingerprint density at radius 2 is 1.29 bits per heavy atom. The van der Waals surface area contributed by atoms with E-state index in [-0.39, 0.29) is 5.91 Å². The summed E-state index contributed by atoms with van der Waals surface area (Å²) in [5, 5.41) is 9.07. The standard InChI is InChI=1S/C26H20N4O/c1-19-9-5-8-14-25(19)29(26(31)20-10-3-2-4-11-20)21-15-17-22(18-16-21)30-27-23-12-6-7-13-24(23)28-30/h2-18H,1H3. The topological polar surface area (TPSA) is 51.0 Å². The number of aryl methyl sites for hydroxylation is 1. The maximum absolute atomic E-state index is 13.5. The van der Waals surface area contributed by atoms with E-state index in [1.807, 2.05) is 110 Å². The number of carbonyl (C=O) groups excluding carboxylic acids is 1. The summed E-state index contributed by atoms with van der Waals surface area (Å²) in [5.41, 5.74) is 5.80. The van der Waals surface area contributed by atoms with Crippen molar-refractivity contribution in [2.24, 2.45) is 0 Å². The quantitative estimate of drug-likeness (QED) is 0.386. The zero-order valence-corrected chi connectivity index (χ0v) is 17.0. The van der Waals surface area contributed by atoms with Crippen LogP contribution in [0.4, 0.5) is 11.4 Å². The summed E-state index contributed by atoms with van der Waals surface area (Å²) in [6.07, 6.45) is 0. The van der Waals surface area contributed by atoms with Gasteiger partial charge in [-0.1, -0.05) is 48.5 Å². The fourth-order valence-corrected chi connectivity index (χ4v) is 3.60. The maximum Gasteiger partial charge on any atom is 0.262 e. The number of rotatable bonds is 4. The Labute approximate surface area is 180 Å². The van der Waals surface area contributed by atoms with E-state index in [1.165, 1.54) is 0 Å². The summed E-state index contributed by atoms with van der Waals surface area (Å²) in [5.74, 6) is -0.0781. The van der Waals surface area contributed by atoms with Gasteiger partial charge in [0.2, 0.25) is 0 Å². The van der Waals surface area contributed by atoms with Crippen molar-refractivity contribution in [3.63, 3.8) is 0 Å². The van der Waals surface area contributed by atoms with Crippen LogP contribution in [0.15, 0.2) is 103 Å². The highest BCUT2D eigenvalue weighted by molar-refractivity contribution is 6.11. The first-order valence-electron chi connectivity index (χ1n) is 10.1. The van der Waals surface area contributed by atoms with Crippen molar-refractivity contribution in [1.29, 1.82) is 0 Å². The molecule has 5 nitrogen and oxygen atoms in total. The van der Waals surface area contributed by atoms with E-state index in [4.69, 9.17) is 0 Å². The highest BCUT2D eigenvalue weighted by Crippen LogP contribution is 2.31. The van der Waals surface area contributed by atoms with Crippen LogP contribution in [-0.4, -0.2) is 20.9 Å². The van der Waals surface area contributed by atoms with E-state index < -0.39 is 0 Å². The van der Waals surface area contributed by atoms with E-state index in [2.05, 4.69) is 10.2 Å². The molecular weight excluding hydrogens is 384 g/mol. The molecule has 4 aromatic carbocycles. The zero-order chi connectivity index (χ0) is 21.2. The van der Waals surface area contributed by atoms with Gasteiger partial charge in [0.05, 0.1) is 11.4 Å². The van der Waals surface area contributed by atoms with Gasteiger partial charge in [-0.2, -0.15) is 4.80 Å². The van der Waals surface area contributed by atoms with Crippen LogP contribution < -0.4 is 4.90 Å². The molecule has 1 amide bonds. The number of hydrogen-bond donors (Lipinski definition) is 0. The Morgan fingerprint density at radius 1 is 0.710 bits per heavy atom. The fourth-order valence-electron chi connectivity index (χ4n) is 3.60. The molecule has 1 heterocycles. The summed E-state index contributed by atoms with van der Waals surface area (Å²) < 4.78 is 0. The third-order valence-corrected chi connectivity index (χ3v) is 5.21. The van der Waals surface area contributed by atoms with Crippen molar-refractivity contribution in [2.45, 2.75) is 6.92 Å². The van der Waals surface area contributed by atoms with Gasteiger partial charge in [0.15, 0.2) is 0 Å². The molecule has 0 saturated carbocycles. The highest BCUT2D eigenvalue weighted by Gasteiger charge is 2.21. The number of amides is 1. The molecule has 0 N–H and O–H groups in total. The number of carbonyl (C=O) groups is 1. The molecule has 0 unspecified atom stereocenters. The first-order chi connectivity index (χ1) is 15.2. The Morgan fingerprint density at radius 3 is 1.94 bits per heavy atom. The predicted molar refractivity (Wildman–Crippen MR) is 123 cm³/mol. The van der Waals surface area contributed by atoms with Gasteiger partial charge in [0, 0.05) is 11.3 Å². The van der Waals surface area contributed by atoms with Gasteiger partial charge in [-0.15, -0.1) is 10.2 Å². The molecule has 0 saturated heterocycles. The maximum atomic E-state index is 13.5. The largest absolute Gasteiger partial charge is 0.277 e. The molecule has 0 spiro atoms. The molecule has 0 aliphatic rings. The molecule has 0 fully saturated rings. The summed E-state index contributed by atoms with van der Waals surface area (Å²) in [6.45, 7) is 2.01. The lowest BCUT2D eigenvalue weighted by Gasteiger charge is -2.25. The first kappa shape index (κ1) is 18.8. The third-order valence-electron chi connectivity index (χ3n) is 5.21. The fraction of sp³-hybridized carbons (Fsp3) is 0.0385. The molecular formula is C26H20N4O. The van der Waals surface area contributed by atoms with Crippen molar-refractivity contribution in [3.05, 3.63) is 114 Å². The van der Waals surface area contributed by atoms with Crippen LogP contribution in [0, 0.1) is 6.92 Å². The number of para-hydroxylation sites is 1. The lowest BCUT2D eigenvalue weighted by atomic mass is 10.1. The van der Waals surface area contributed by atoms with Gasteiger partial charge in [0.1, 0.15) is 11.0 Å². The Hall–Kier alpha value is -4.25. The second kappa shape index (κ2) is 7.88. The predicted octanol–water partition coefficient (Wildman–Crippen LogP) is 5.71. The molecule has 0 bridgehead atoms. The van der Waals surface area contributed by atoms with Gasteiger partial charge < -0.3 is 0 Å². The minimum absolute atomic E-state index is 0.0781. The van der Waals surface area contributed by atoms with Crippen LogP contribution in [0.3, 0.4) is 0 Å². The van der Waals surface area contributed by atoms with E-state index in [9.17, 15) is 4.79 Å². The molecule has 1 aromatic heterocycles. The van der Waals surface area contributed by atoms with Gasteiger partial charge in [-0.05, 0) is 67.1 Å². The molecule has 5 heteroatoms. The number of hydrogen-bond acceptors (Lipinski definition) is 3. The lowest BCUT2D eigenvalue weighted by molar-refractivity contribution is 0.0999. The van der Waals surface area contributed by atoms with Gasteiger partial charge in [-0.3, -0.25) is 9.69 Å². The zero-order valence-electron chi connectivity index (χ0n) is 17.0. The second-order valence-electron chi connectivity index (χ2n) is 7.29. The van der Waals surface area contributed by atoms with Crippen LogP contribution in [0.2, 0.25) is 0 Å². The third kappa shape index (κ3) is 3.57. The van der Waals surface area contributed by atoms with Crippen LogP contribution in [-0.2, 0) is 0 Å². The van der Waals surface area contributed by atoms with Crippen molar-refractivity contribution in [1.82, 2.24) is 15.0 Å². The summed E-state index contributed by atoms with van der Waals surface area (Å²) in [7, 11) is 0. The number of benzene rings is 4. The molecule has 5 rings (SSSR count). The van der Waals surface area contributed by atoms with Crippen LogP contribution in [0.1, 0.15) is 15.9 Å². The summed E-state index contributed by atoms with van der Waals surface area (Å²) >= 11 is 0. The van der Waals surface area contributed by atoms with Crippen LogP contribution in [0.25, 0.3) is 16.7 Å². The smallest absolute Gasteiger partial charge is 0.262 e. The number of nitrogens with zero attached hydrogens (tertiary/aromatic N) is 4. The molecule has 31 heavy (non-hydrogen) atoms. The molecule has 0 aliphatic carbocycles. The molecule has 5 aromatic rings. The van der Waals surface area contributed by atoms with Crippen LogP contribution >= 0.6 is 0 Å². The molecule has 150 valence electrons. The van der Waals surface area contributed by atoms with E-state index in [1.54, 1.807) is 9.70 Å². The van der Waals surface area contributed by atoms with E-state index in [0.29, 0.717) is 5.56 Å². The Bertz CT molecular complexity index is 1320. The molecule has 0 aliphatic heterocycles. The van der Waals surface area contributed by atoms with Crippen molar-refractivity contribution in [2.75, 3.05) is 4.90 Å². The average molecular weight is 404 g/mol. The van der Waals surface area contributed by atoms with Crippen LogP contribution in [0.5, 0.6) is 0 Å². The minimum atomic E-state index is -0.0781. The first-order valence-corrected chi connectivity index (χ1v) is 10.1. The number of aromatic nitrogens is 3. The highest BCUT2D eigenvalue weighted by atomic mass is 16.2. The lowest BCUT2D eigenvalue weighted by Crippen LogP contribution is -2.26. The minimum Gasteiger partial charge on any atom is -0.277 e. The van der Waals surface area contributed by atoms with E-state index in [0.717, 1.165) is 33.7 Å². The average Bonchev–Trinajstić information content (AvgIpc) is 3.26. The van der Waals surface area contributed by atoms with Gasteiger partial charge >= 0.3 is 0 Å². The summed E-state index contributed by atoms with van der Waals surface area (Å²) in [6, 6.07) is 32.7. The van der Waals surface area contributed by atoms with Gasteiger partial charge in [0.25, 0.3) is 5.91 Å². The molecule has 0 radical (unpaired) electrons. The summed E-state index contributed by atoms with van der Waals surface area (Å²) in [4.78, 5) is 16.8. The van der Waals surface area contributed by atoms with Crippen molar-refractivity contribution < 1.29 is 4.79 Å². The Balaban J connectivity index is 1.56. The SMILES string of the molecule is Cc1ccccc1N(C(=O)c1ccccc1)c1ccc(-n2nc3ccccc3n2)cc1. The van der Waals surface area contributed by atoms with E-state index >= 15 is 0 Å². The van der Waals surface area contributed by atoms with Gasteiger partial charge in [-0.25, -0.2) is 0 Å². The number of anilines is 2. The number of fused-ring (bicyclic) bond motifs is 1.